The highest BCUT2D eigenvalue weighted by molar-refractivity contribution is 7.09. The lowest BCUT2D eigenvalue weighted by atomic mass is 9.79. The minimum absolute atomic E-state index is 0.291. The Morgan fingerprint density at radius 3 is 2.89 bits per heavy atom. The summed E-state index contributed by atoms with van der Waals surface area (Å²) >= 11 is 1.88. The summed E-state index contributed by atoms with van der Waals surface area (Å²) in [5.74, 6) is 1.79. The van der Waals surface area contributed by atoms with Crippen molar-refractivity contribution in [2.24, 2.45) is 17.6 Å². The zero-order valence-corrected chi connectivity index (χ0v) is 13.0. The molecule has 3 rings (SSSR count). The van der Waals surface area contributed by atoms with Crippen LogP contribution in [-0.2, 0) is 6.42 Å². The number of rotatable bonds is 5. The Hall–Kier alpha value is -0.380. The lowest BCUT2D eigenvalue weighted by molar-refractivity contribution is 0.0349. The third-order valence-corrected chi connectivity index (χ3v) is 6.64. The lowest BCUT2D eigenvalue weighted by Gasteiger charge is -2.47. The van der Waals surface area contributed by atoms with E-state index in [1.807, 2.05) is 11.3 Å². The van der Waals surface area contributed by atoms with E-state index in [1.165, 1.54) is 30.6 Å². The third kappa shape index (κ3) is 2.26. The van der Waals surface area contributed by atoms with E-state index in [1.54, 1.807) is 0 Å². The molecular formula is C16H26N2S. The average Bonchev–Trinajstić information content (AvgIpc) is 3.13. The van der Waals surface area contributed by atoms with Crippen LogP contribution in [0.4, 0.5) is 0 Å². The number of fused-ring (bicyclic) bond motifs is 2. The monoisotopic (exact) mass is 278 g/mol. The highest BCUT2D eigenvalue weighted by atomic mass is 32.1. The first-order chi connectivity index (χ1) is 9.15. The Morgan fingerprint density at radius 1 is 1.53 bits per heavy atom. The summed E-state index contributed by atoms with van der Waals surface area (Å²) in [6.45, 7) is 3.20. The largest absolute Gasteiger partial charge is 0.329 e. The predicted molar refractivity (Wildman–Crippen MR) is 82.5 cm³/mol. The summed E-state index contributed by atoms with van der Waals surface area (Å²) in [7, 11) is 2.31. The van der Waals surface area contributed by atoms with Gasteiger partial charge in [0.15, 0.2) is 0 Å². The predicted octanol–water partition coefficient (Wildman–Crippen LogP) is 3.13. The van der Waals surface area contributed by atoms with Crippen LogP contribution in [0.25, 0.3) is 0 Å². The quantitative estimate of drug-likeness (QED) is 0.896. The molecule has 3 heteroatoms. The van der Waals surface area contributed by atoms with Crippen LogP contribution in [-0.4, -0.2) is 30.1 Å². The van der Waals surface area contributed by atoms with E-state index in [-0.39, 0.29) is 0 Å². The van der Waals surface area contributed by atoms with Crippen molar-refractivity contribution in [2.75, 3.05) is 13.6 Å². The number of hydrogen-bond acceptors (Lipinski definition) is 3. The number of thiophene rings is 1. The summed E-state index contributed by atoms with van der Waals surface area (Å²) in [6.07, 6.45) is 6.76. The molecule has 2 aliphatic carbocycles. The maximum Gasteiger partial charge on any atom is 0.0362 e. The molecule has 4 atom stereocenters. The molecular weight excluding hydrogens is 252 g/mol. The summed E-state index contributed by atoms with van der Waals surface area (Å²) in [5, 5.41) is 2.18. The van der Waals surface area contributed by atoms with Crippen LogP contribution in [0.1, 0.15) is 37.5 Å². The van der Waals surface area contributed by atoms with Crippen LogP contribution in [0.5, 0.6) is 0 Å². The molecule has 1 aromatic rings. The molecule has 1 aromatic heterocycles. The number of nitrogens with two attached hydrogens (primary N) is 1. The van der Waals surface area contributed by atoms with E-state index < -0.39 is 0 Å². The topological polar surface area (TPSA) is 29.3 Å². The second-order valence-electron chi connectivity index (χ2n) is 6.63. The second-order valence-corrected chi connectivity index (χ2v) is 7.66. The molecule has 2 N–H and O–H groups in total. The van der Waals surface area contributed by atoms with Crippen LogP contribution in [0.15, 0.2) is 17.5 Å². The van der Waals surface area contributed by atoms with Crippen LogP contribution in [0.3, 0.4) is 0 Å². The summed E-state index contributed by atoms with van der Waals surface area (Å²) in [6, 6.07) is 5.00. The molecule has 0 aromatic carbocycles. The summed E-state index contributed by atoms with van der Waals surface area (Å²) < 4.78 is 0. The Labute approximate surface area is 121 Å². The van der Waals surface area contributed by atoms with E-state index in [0.717, 1.165) is 24.8 Å². The molecule has 4 unspecified atom stereocenters. The Balaban J connectivity index is 1.72. The Morgan fingerprint density at radius 2 is 2.37 bits per heavy atom. The van der Waals surface area contributed by atoms with Gasteiger partial charge in [0.1, 0.15) is 0 Å². The maximum absolute atomic E-state index is 6.23. The normalized spacial score (nSPS) is 35.2. The molecule has 0 amide bonds. The van der Waals surface area contributed by atoms with Gasteiger partial charge in [-0.2, -0.15) is 0 Å². The van der Waals surface area contributed by atoms with Gasteiger partial charge in [-0.25, -0.2) is 0 Å². The van der Waals surface area contributed by atoms with E-state index >= 15 is 0 Å². The van der Waals surface area contributed by atoms with E-state index in [2.05, 4.69) is 36.4 Å². The number of nitrogens with zero attached hydrogens (tertiary/aromatic N) is 1. The van der Waals surface area contributed by atoms with Crippen LogP contribution >= 0.6 is 11.3 Å². The fourth-order valence-electron chi connectivity index (χ4n) is 4.54. The zero-order valence-electron chi connectivity index (χ0n) is 12.1. The molecule has 0 saturated heterocycles. The van der Waals surface area contributed by atoms with Gasteiger partial charge in [0, 0.05) is 23.0 Å². The first kappa shape index (κ1) is 13.6. The van der Waals surface area contributed by atoms with Gasteiger partial charge in [-0.1, -0.05) is 12.5 Å². The van der Waals surface area contributed by atoms with Gasteiger partial charge in [-0.05, 0) is 62.9 Å². The molecule has 2 bridgehead atoms. The van der Waals surface area contributed by atoms with Crippen molar-refractivity contribution in [2.45, 2.75) is 50.6 Å². The average molecular weight is 278 g/mol. The molecule has 0 radical (unpaired) electrons. The van der Waals surface area contributed by atoms with Crippen LogP contribution in [0.2, 0.25) is 0 Å². The van der Waals surface area contributed by atoms with E-state index in [0.29, 0.717) is 11.6 Å². The van der Waals surface area contributed by atoms with E-state index in [9.17, 15) is 0 Å². The van der Waals surface area contributed by atoms with Gasteiger partial charge >= 0.3 is 0 Å². The minimum atomic E-state index is 0.291. The maximum atomic E-state index is 6.23. The highest BCUT2D eigenvalue weighted by Gasteiger charge is 2.52. The van der Waals surface area contributed by atoms with Gasteiger partial charge in [-0.15, -0.1) is 11.3 Å². The van der Waals surface area contributed by atoms with Gasteiger partial charge in [-0.3, -0.25) is 4.90 Å². The van der Waals surface area contributed by atoms with E-state index in [4.69, 9.17) is 5.73 Å². The van der Waals surface area contributed by atoms with Gasteiger partial charge < -0.3 is 5.73 Å². The SMILES string of the molecule is CC(Cc1cccs1)N(C)C1(CN)CC2CCC1C2. The highest BCUT2D eigenvalue weighted by Crippen LogP contribution is 2.53. The van der Waals surface area contributed by atoms with Crippen molar-refractivity contribution in [3.05, 3.63) is 22.4 Å². The molecule has 0 aliphatic heterocycles. The van der Waals surface area contributed by atoms with Crippen molar-refractivity contribution < 1.29 is 0 Å². The van der Waals surface area contributed by atoms with Gasteiger partial charge in [0.25, 0.3) is 0 Å². The third-order valence-electron chi connectivity index (χ3n) is 5.74. The molecule has 2 fully saturated rings. The fourth-order valence-corrected chi connectivity index (χ4v) is 5.36. The summed E-state index contributed by atoms with van der Waals surface area (Å²) in [4.78, 5) is 4.12. The molecule has 2 nitrogen and oxygen atoms in total. The molecule has 1 heterocycles. The Bertz CT molecular complexity index is 416. The first-order valence-corrected chi connectivity index (χ1v) is 8.49. The smallest absolute Gasteiger partial charge is 0.0362 e. The number of likely N-dealkylation sites (N-methyl/N-ethyl adjacent to an activating group) is 1. The first-order valence-electron chi connectivity index (χ1n) is 7.61. The van der Waals surface area contributed by atoms with Crippen molar-refractivity contribution >= 4 is 11.3 Å². The zero-order chi connectivity index (χ0) is 13.5. The molecule has 2 saturated carbocycles. The minimum Gasteiger partial charge on any atom is -0.329 e. The standard InChI is InChI=1S/C16H26N2S/c1-12(8-15-4-3-7-19-15)18(2)16(11-17)10-13-5-6-14(16)9-13/h3-4,7,12-14H,5-6,8-11,17H2,1-2H3. The Kier molecular flexibility index (Phi) is 3.71. The molecule has 106 valence electrons. The second kappa shape index (κ2) is 5.19. The molecule has 19 heavy (non-hydrogen) atoms. The molecule has 2 aliphatic rings. The van der Waals surface area contributed by atoms with Crippen molar-refractivity contribution in [3.63, 3.8) is 0 Å². The number of hydrogen-bond donors (Lipinski definition) is 1. The van der Waals surface area contributed by atoms with Crippen molar-refractivity contribution in [1.82, 2.24) is 4.90 Å². The van der Waals surface area contributed by atoms with Crippen LogP contribution < -0.4 is 5.73 Å². The van der Waals surface area contributed by atoms with Crippen molar-refractivity contribution in [3.8, 4) is 0 Å². The van der Waals surface area contributed by atoms with Crippen molar-refractivity contribution in [1.29, 1.82) is 0 Å². The lowest BCUT2D eigenvalue weighted by Crippen LogP contribution is -2.58. The van der Waals surface area contributed by atoms with Gasteiger partial charge in [0.05, 0.1) is 0 Å². The summed E-state index contributed by atoms with van der Waals surface area (Å²) in [5.41, 5.74) is 6.52. The van der Waals surface area contributed by atoms with Crippen LogP contribution in [0, 0.1) is 11.8 Å². The van der Waals surface area contributed by atoms with Gasteiger partial charge in [0.2, 0.25) is 0 Å². The fraction of sp³-hybridized carbons (Fsp3) is 0.750. The molecule has 0 spiro atoms.